The number of nitrogens with zero attached hydrogens (tertiary/aromatic N) is 2. The monoisotopic (exact) mass is 199 g/mol. The Kier molecular flexibility index (Phi) is 4.23. The van der Waals surface area contributed by atoms with Crippen molar-refractivity contribution in [1.29, 1.82) is 5.26 Å². The predicted molar refractivity (Wildman–Crippen MR) is 53.5 cm³/mol. The van der Waals surface area contributed by atoms with Gasteiger partial charge >= 0.3 is 0 Å². The molecular formula is C9H14ClN3. The Labute approximate surface area is 84.0 Å². The Bertz CT molecular complexity index is 232. The van der Waals surface area contributed by atoms with E-state index in [1.807, 2.05) is 6.92 Å². The number of piperazine rings is 1. The maximum atomic E-state index is 8.86. The minimum atomic E-state index is -0.0136. The molecule has 1 atom stereocenters. The minimum absolute atomic E-state index is 0.0136. The molecule has 1 N–H and O–H groups in total. The van der Waals surface area contributed by atoms with Gasteiger partial charge in [-0.1, -0.05) is 11.6 Å². The lowest BCUT2D eigenvalue weighted by molar-refractivity contribution is 0.213. The van der Waals surface area contributed by atoms with Crippen LogP contribution in [0.5, 0.6) is 0 Å². The molecule has 72 valence electrons. The molecule has 1 unspecified atom stereocenters. The van der Waals surface area contributed by atoms with E-state index >= 15 is 0 Å². The normalized spacial score (nSPS) is 25.6. The lowest BCUT2D eigenvalue weighted by atomic mass is 10.2. The molecule has 0 bridgehead atoms. The van der Waals surface area contributed by atoms with Crippen molar-refractivity contribution in [3.05, 3.63) is 11.1 Å². The van der Waals surface area contributed by atoms with Crippen molar-refractivity contribution >= 4 is 11.6 Å². The number of nitrogens with one attached hydrogen (secondary N) is 1. The maximum Gasteiger partial charge on any atom is 0.111 e. The fourth-order valence-corrected chi connectivity index (χ4v) is 1.49. The Balaban J connectivity index is 2.51. The summed E-state index contributed by atoms with van der Waals surface area (Å²) in [6.45, 7) is 5.40. The Morgan fingerprint density at radius 1 is 1.85 bits per heavy atom. The van der Waals surface area contributed by atoms with Gasteiger partial charge in [0.25, 0.3) is 0 Å². The van der Waals surface area contributed by atoms with E-state index in [1.54, 1.807) is 5.54 Å². The molecule has 4 heteroatoms. The van der Waals surface area contributed by atoms with Crippen LogP contribution in [0.4, 0.5) is 0 Å². The van der Waals surface area contributed by atoms with Gasteiger partial charge in [0.1, 0.15) is 6.04 Å². The number of halogens is 1. The second kappa shape index (κ2) is 5.23. The van der Waals surface area contributed by atoms with E-state index in [0.717, 1.165) is 31.8 Å². The second-order valence-corrected chi connectivity index (χ2v) is 3.49. The van der Waals surface area contributed by atoms with E-state index in [-0.39, 0.29) is 6.04 Å². The van der Waals surface area contributed by atoms with Crippen LogP contribution in [-0.4, -0.2) is 37.1 Å². The summed E-state index contributed by atoms with van der Waals surface area (Å²) >= 11 is 5.57. The van der Waals surface area contributed by atoms with Crippen molar-refractivity contribution in [3.8, 4) is 6.07 Å². The Morgan fingerprint density at radius 3 is 3.23 bits per heavy atom. The van der Waals surface area contributed by atoms with Crippen molar-refractivity contribution in [2.45, 2.75) is 13.0 Å². The largest absolute Gasteiger partial charge is 0.313 e. The fraction of sp³-hybridized carbons (Fsp3) is 0.667. The summed E-state index contributed by atoms with van der Waals surface area (Å²) < 4.78 is 0. The van der Waals surface area contributed by atoms with Gasteiger partial charge in [0.15, 0.2) is 0 Å². The second-order valence-electron chi connectivity index (χ2n) is 3.27. The first-order valence-corrected chi connectivity index (χ1v) is 4.82. The number of nitriles is 1. The molecule has 0 aromatic carbocycles. The summed E-state index contributed by atoms with van der Waals surface area (Å²) in [6, 6.07) is 2.26. The molecule has 0 aromatic heterocycles. The van der Waals surface area contributed by atoms with Crippen LogP contribution < -0.4 is 5.32 Å². The van der Waals surface area contributed by atoms with E-state index in [0.29, 0.717) is 0 Å². The van der Waals surface area contributed by atoms with Gasteiger partial charge in [-0.25, -0.2) is 0 Å². The van der Waals surface area contributed by atoms with Crippen LogP contribution in [0.15, 0.2) is 11.1 Å². The average Bonchev–Trinajstić information content (AvgIpc) is 2.18. The van der Waals surface area contributed by atoms with E-state index in [1.165, 1.54) is 0 Å². The van der Waals surface area contributed by atoms with Crippen molar-refractivity contribution in [2.75, 3.05) is 26.2 Å². The maximum absolute atomic E-state index is 8.86. The molecule has 0 aliphatic carbocycles. The highest BCUT2D eigenvalue weighted by Gasteiger charge is 2.21. The zero-order chi connectivity index (χ0) is 9.68. The molecular weight excluding hydrogens is 186 g/mol. The first-order valence-electron chi connectivity index (χ1n) is 4.38. The number of hydrogen-bond acceptors (Lipinski definition) is 3. The van der Waals surface area contributed by atoms with Crippen LogP contribution in [0.2, 0.25) is 0 Å². The van der Waals surface area contributed by atoms with Crippen LogP contribution in [0.1, 0.15) is 6.92 Å². The molecule has 3 nitrogen and oxygen atoms in total. The van der Waals surface area contributed by atoms with Crippen LogP contribution in [0.3, 0.4) is 0 Å². The summed E-state index contributed by atoms with van der Waals surface area (Å²) in [7, 11) is 0. The Morgan fingerprint density at radius 2 is 2.62 bits per heavy atom. The van der Waals surface area contributed by atoms with Gasteiger partial charge in [0.2, 0.25) is 0 Å². The zero-order valence-corrected chi connectivity index (χ0v) is 8.51. The van der Waals surface area contributed by atoms with E-state index in [4.69, 9.17) is 16.9 Å². The average molecular weight is 200 g/mol. The van der Waals surface area contributed by atoms with Crippen molar-refractivity contribution < 1.29 is 0 Å². The number of rotatable bonds is 2. The highest BCUT2D eigenvalue weighted by Crippen LogP contribution is 2.06. The minimum Gasteiger partial charge on any atom is -0.313 e. The van der Waals surface area contributed by atoms with Crippen LogP contribution in [0, 0.1) is 11.3 Å². The van der Waals surface area contributed by atoms with E-state index in [9.17, 15) is 0 Å². The van der Waals surface area contributed by atoms with E-state index in [2.05, 4.69) is 16.3 Å². The predicted octanol–water partition coefficient (Wildman–Crippen LogP) is 0.926. The molecule has 0 aromatic rings. The standard InChI is InChI=1S/C9H14ClN3/c1-8(4-10)7-13-3-2-12-6-9(13)5-11/h4,9,12H,2-3,6-7H2,1H3. The lowest BCUT2D eigenvalue weighted by Gasteiger charge is -2.31. The van der Waals surface area contributed by atoms with Gasteiger partial charge in [-0.15, -0.1) is 0 Å². The molecule has 0 amide bonds. The summed E-state index contributed by atoms with van der Waals surface area (Å²) in [5.74, 6) is 0. The molecule has 1 saturated heterocycles. The molecule has 1 fully saturated rings. The first-order chi connectivity index (χ1) is 6.27. The third kappa shape index (κ3) is 3.00. The Hall–Kier alpha value is -0.560. The van der Waals surface area contributed by atoms with Gasteiger partial charge in [-0.05, 0) is 12.5 Å². The van der Waals surface area contributed by atoms with Gasteiger partial charge in [-0.3, -0.25) is 4.90 Å². The van der Waals surface area contributed by atoms with E-state index < -0.39 is 0 Å². The number of hydrogen-bond donors (Lipinski definition) is 1. The molecule has 1 rings (SSSR count). The highest BCUT2D eigenvalue weighted by molar-refractivity contribution is 6.25. The van der Waals surface area contributed by atoms with Crippen LogP contribution >= 0.6 is 11.6 Å². The fourth-order valence-electron chi connectivity index (χ4n) is 1.42. The molecule has 1 aliphatic heterocycles. The van der Waals surface area contributed by atoms with Crippen molar-refractivity contribution in [3.63, 3.8) is 0 Å². The summed E-state index contributed by atoms with van der Waals surface area (Å²) in [4.78, 5) is 2.14. The van der Waals surface area contributed by atoms with Crippen molar-refractivity contribution in [1.82, 2.24) is 10.2 Å². The molecule has 0 spiro atoms. The van der Waals surface area contributed by atoms with Gasteiger partial charge < -0.3 is 5.32 Å². The topological polar surface area (TPSA) is 39.1 Å². The van der Waals surface area contributed by atoms with Crippen LogP contribution in [-0.2, 0) is 0 Å². The quantitative estimate of drug-likeness (QED) is 0.719. The molecule has 1 heterocycles. The van der Waals surface area contributed by atoms with Crippen molar-refractivity contribution in [2.24, 2.45) is 0 Å². The molecule has 1 aliphatic rings. The molecule has 0 radical (unpaired) electrons. The third-order valence-electron chi connectivity index (χ3n) is 2.14. The summed E-state index contributed by atoms with van der Waals surface area (Å²) in [6.07, 6.45) is 0. The third-order valence-corrected chi connectivity index (χ3v) is 2.51. The first kappa shape index (κ1) is 10.5. The van der Waals surface area contributed by atoms with Gasteiger partial charge in [-0.2, -0.15) is 5.26 Å². The van der Waals surface area contributed by atoms with Gasteiger partial charge in [0.05, 0.1) is 6.07 Å². The SMILES string of the molecule is CC(=CCl)CN1CCNCC1C#N. The zero-order valence-electron chi connectivity index (χ0n) is 7.76. The van der Waals surface area contributed by atoms with Gasteiger partial charge in [0, 0.05) is 31.7 Å². The van der Waals surface area contributed by atoms with Crippen LogP contribution in [0.25, 0.3) is 0 Å². The molecule has 13 heavy (non-hydrogen) atoms. The molecule has 0 saturated carbocycles. The highest BCUT2D eigenvalue weighted by atomic mass is 35.5. The summed E-state index contributed by atoms with van der Waals surface area (Å²) in [5.41, 5.74) is 2.68. The summed E-state index contributed by atoms with van der Waals surface area (Å²) in [5, 5.41) is 12.1. The smallest absolute Gasteiger partial charge is 0.111 e. The lowest BCUT2D eigenvalue weighted by Crippen LogP contribution is -2.50.